The molecule has 0 aliphatic carbocycles. The third-order valence-electron chi connectivity index (χ3n) is 11.1. The maximum absolute atomic E-state index is 5.36. The first-order valence-corrected chi connectivity index (χ1v) is 23.2. The van der Waals surface area contributed by atoms with E-state index >= 15 is 0 Å². The van der Waals surface area contributed by atoms with Gasteiger partial charge in [0.1, 0.15) is 0 Å². The summed E-state index contributed by atoms with van der Waals surface area (Å²) in [4.78, 5) is 4.88. The molecule has 0 fully saturated rings. The first-order valence-electron chi connectivity index (χ1n) is 23.2. The highest BCUT2D eigenvalue weighted by molar-refractivity contribution is 6.12. The number of anilines is 2. The molecule has 4 heteroatoms. The summed E-state index contributed by atoms with van der Waals surface area (Å²) in [5.41, 5.74) is 19.4. The summed E-state index contributed by atoms with van der Waals surface area (Å²) in [6.45, 7) is 8.29. The molecule has 0 saturated carbocycles. The van der Waals surface area contributed by atoms with Crippen LogP contribution in [0.4, 0.5) is 11.4 Å². The topological polar surface area (TPSA) is 55.3 Å². The maximum atomic E-state index is 5.36. The quantitative estimate of drug-likeness (QED) is 0.0628. The summed E-state index contributed by atoms with van der Waals surface area (Å²) >= 11 is 0. The molecule has 3 N–H and O–H groups in total. The molecular weight excluding hydrogens is 837 g/mol. The minimum Gasteiger partial charge on any atom is -0.405 e. The Balaban J connectivity index is 1.24. The molecule has 0 radical (unpaired) electrons. The SMILES string of the molecule is C=C/C=C(\C=C(/C)c1ccccc1Nc1ccccc1)c1ccc2c(c1)c1cc(-c3ccccc3)ccc1n2-c1ccc(C(/C=C/C=C/C=C\C=C/C=C\C=C\C=C\N)=N\C=C/C=C\C=C\C)cc1. The van der Waals surface area contributed by atoms with E-state index in [9.17, 15) is 0 Å². The molecule has 1 aromatic heterocycles. The summed E-state index contributed by atoms with van der Waals surface area (Å²) in [7, 11) is 0. The average molecular weight is 895 g/mol. The lowest BCUT2D eigenvalue weighted by Crippen LogP contribution is -1.99. The van der Waals surface area contributed by atoms with Crippen LogP contribution in [0, 0.1) is 0 Å². The van der Waals surface area contributed by atoms with Gasteiger partial charge in [0.05, 0.1) is 16.7 Å². The Bertz CT molecular complexity index is 3240. The van der Waals surface area contributed by atoms with E-state index in [2.05, 4.69) is 163 Å². The number of rotatable bonds is 19. The Hall–Kier alpha value is -8.99. The van der Waals surface area contributed by atoms with Gasteiger partial charge in [-0.25, -0.2) is 0 Å². The molecule has 7 rings (SSSR count). The summed E-state index contributed by atoms with van der Waals surface area (Å²) in [6.07, 6.45) is 45.0. The van der Waals surface area contributed by atoms with Crippen LogP contribution in [0.25, 0.3) is 49.8 Å². The normalized spacial score (nSPS) is 13.4. The number of nitrogens with one attached hydrogen (secondary N) is 1. The minimum absolute atomic E-state index is 0.844. The Morgan fingerprint density at radius 3 is 1.83 bits per heavy atom. The summed E-state index contributed by atoms with van der Waals surface area (Å²) in [5.74, 6) is 0. The lowest BCUT2D eigenvalue weighted by Gasteiger charge is -2.14. The van der Waals surface area contributed by atoms with Crippen molar-refractivity contribution >= 4 is 50.0 Å². The van der Waals surface area contributed by atoms with E-state index in [-0.39, 0.29) is 0 Å². The van der Waals surface area contributed by atoms with Crippen LogP contribution < -0.4 is 11.1 Å². The second-order valence-electron chi connectivity index (χ2n) is 15.9. The van der Waals surface area contributed by atoms with Gasteiger partial charge in [-0.1, -0.05) is 207 Å². The fourth-order valence-electron chi connectivity index (χ4n) is 7.83. The predicted octanol–water partition coefficient (Wildman–Crippen LogP) is 17.1. The van der Waals surface area contributed by atoms with E-state index in [4.69, 9.17) is 10.7 Å². The van der Waals surface area contributed by atoms with Crippen molar-refractivity contribution < 1.29 is 0 Å². The van der Waals surface area contributed by atoms with Crippen LogP contribution >= 0.6 is 0 Å². The molecule has 0 aliphatic rings. The molecule has 0 aliphatic heterocycles. The van der Waals surface area contributed by atoms with Crippen LogP contribution in [0.2, 0.25) is 0 Å². The third-order valence-corrected chi connectivity index (χ3v) is 11.1. The van der Waals surface area contributed by atoms with Crippen molar-refractivity contribution in [3.63, 3.8) is 0 Å². The minimum atomic E-state index is 0.844. The van der Waals surface area contributed by atoms with E-state index in [1.807, 2.05) is 141 Å². The van der Waals surface area contributed by atoms with Gasteiger partial charge in [0.15, 0.2) is 0 Å². The Morgan fingerprint density at radius 2 is 1.14 bits per heavy atom. The van der Waals surface area contributed by atoms with Crippen LogP contribution in [0.1, 0.15) is 30.5 Å². The zero-order valence-electron chi connectivity index (χ0n) is 39.3. The maximum Gasteiger partial charge on any atom is 0.0701 e. The van der Waals surface area contributed by atoms with Gasteiger partial charge < -0.3 is 15.6 Å². The highest BCUT2D eigenvalue weighted by atomic mass is 15.0. The molecule has 69 heavy (non-hydrogen) atoms. The fraction of sp³-hybridized carbons (Fsp3) is 0.0308. The number of hydrogen-bond donors (Lipinski definition) is 2. The Labute approximate surface area is 408 Å². The van der Waals surface area contributed by atoms with Crippen LogP contribution in [-0.4, -0.2) is 10.3 Å². The van der Waals surface area contributed by atoms with Crippen molar-refractivity contribution in [1.82, 2.24) is 4.57 Å². The molecule has 0 unspecified atom stereocenters. The third kappa shape index (κ3) is 13.3. The number of fused-ring (bicyclic) bond motifs is 3. The van der Waals surface area contributed by atoms with Gasteiger partial charge in [-0.2, -0.15) is 0 Å². The van der Waals surface area contributed by atoms with Crippen molar-refractivity contribution in [2.45, 2.75) is 13.8 Å². The highest BCUT2D eigenvalue weighted by Crippen LogP contribution is 2.37. The zero-order chi connectivity index (χ0) is 47.9. The number of allylic oxidation sites excluding steroid dienone is 23. The number of aliphatic imine (C=N–C) groups is 1. The number of nitrogens with two attached hydrogens (primary N) is 1. The van der Waals surface area contributed by atoms with Crippen LogP contribution in [0.5, 0.6) is 0 Å². The van der Waals surface area contributed by atoms with Crippen molar-refractivity contribution in [3.8, 4) is 16.8 Å². The lowest BCUT2D eigenvalue weighted by molar-refractivity contribution is 1.18. The number of aromatic nitrogens is 1. The molecule has 0 bridgehead atoms. The molecular formula is C65H58N4. The largest absolute Gasteiger partial charge is 0.405 e. The van der Waals surface area contributed by atoms with Gasteiger partial charge in [-0.05, 0) is 121 Å². The molecule has 7 aromatic rings. The highest BCUT2D eigenvalue weighted by Gasteiger charge is 2.16. The second kappa shape index (κ2) is 25.6. The molecule has 4 nitrogen and oxygen atoms in total. The van der Waals surface area contributed by atoms with E-state index in [0.717, 1.165) is 61.6 Å². The molecule has 0 amide bonds. The van der Waals surface area contributed by atoms with Crippen molar-refractivity contribution in [3.05, 3.63) is 309 Å². The molecule has 0 saturated heterocycles. The summed E-state index contributed by atoms with van der Waals surface area (Å²) < 4.78 is 2.37. The van der Waals surface area contributed by atoms with Crippen molar-refractivity contribution in [2.75, 3.05) is 5.32 Å². The second-order valence-corrected chi connectivity index (χ2v) is 15.9. The first-order chi connectivity index (χ1) is 34.1. The van der Waals surface area contributed by atoms with Crippen LogP contribution in [0.3, 0.4) is 0 Å². The number of nitrogens with zero attached hydrogens (tertiary/aromatic N) is 2. The number of hydrogen-bond acceptors (Lipinski definition) is 3. The van der Waals surface area contributed by atoms with E-state index in [1.54, 1.807) is 6.08 Å². The van der Waals surface area contributed by atoms with Crippen LogP contribution in [-0.2, 0) is 0 Å². The van der Waals surface area contributed by atoms with Gasteiger partial charge in [0.2, 0.25) is 0 Å². The number of benzene rings is 6. The number of para-hydroxylation sites is 2. The van der Waals surface area contributed by atoms with Gasteiger partial charge in [0.25, 0.3) is 0 Å². The smallest absolute Gasteiger partial charge is 0.0701 e. The monoisotopic (exact) mass is 894 g/mol. The summed E-state index contributed by atoms with van der Waals surface area (Å²) in [5, 5.41) is 5.96. The first kappa shape index (κ1) is 48.0. The Kier molecular flexibility index (Phi) is 17.8. The van der Waals surface area contributed by atoms with Gasteiger partial charge >= 0.3 is 0 Å². The van der Waals surface area contributed by atoms with E-state index in [0.29, 0.717) is 0 Å². The van der Waals surface area contributed by atoms with Gasteiger partial charge in [-0.3, -0.25) is 4.99 Å². The molecule has 0 spiro atoms. The fourth-order valence-corrected chi connectivity index (χ4v) is 7.83. The van der Waals surface area contributed by atoms with Gasteiger partial charge in [0, 0.05) is 45.2 Å². The Morgan fingerprint density at radius 1 is 0.565 bits per heavy atom. The van der Waals surface area contributed by atoms with E-state index in [1.165, 1.54) is 28.1 Å². The van der Waals surface area contributed by atoms with Crippen molar-refractivity contribution in [1.29, 1.82) is 0 Å². The lowest BCUT2D eigenvalue weighted by atomic mass is 9.96. The predicted molar refractivity (Wildman–Crippen MR) is 302 cm³/mol. The molecule has 6 aromatic carbocycles. The van der Waals surface area contributed by atoms with Crippen LogP contribution in [0.15, 0.2) is 297 Å². The molecule has 0 atom stereocenters. The van der Waals surface area contributed by atoms with Gasteiger partial charge in [-0.15, -0.1) is 0 Å². The standard InChI is InChI=1S/C65H58N4/c1-4-6-7-18-29-47-67-62(36-25-16-14-12-10-8-9-11-13-15-17-28-46-66)53-38-42-58(43-39-53)69-64-44-40-55(52-31-21-19-22-32-52)49-60(64)61-50-56(41-45-65(61)69)54(30-5-2)48-51(3)59-35-26-27-37-63(59)68-57-33-23-20-24-34-57/h4-50,68H,2,66H2,1,3H3/b6-4+,9-8-,12-10-,13-11-,16-14+,17-15+,18-7-,36-25+,46-28+,47-29-,51-48+,54-30+,67-62-. The summed E-state index contributed by atoms with van der Waals surface area (Å²) in [6, 6.07) is 51.6. The van der Waals surface area contributed by atoms with Crippen molar-refractivity contribution in [2.24, 2.45) is 10.7 Å². The average Bonchev–Trinajstić information content (AvgIpc) is 3.71. The molecule has 338 valence electrons. The zero-order valence-corrected chi connectivity index (χ0v) is 39.3. The molecule has 1 heterocycles. The van der Waals surface area contributed by atoms with E-state index < -0.39 is 0 Å².